The number of aliphatic hydroxyl groups is 15. The molecule has 26 atom stereocenters. The first kappa shape index (κ1) is 76.3. The Bertz CT molecular complexity index is 2060. The van der Waals surface area contributed by atoms with Crippen molar-refractivity contribution >= 4 is 25.9 Å². The quantitative estimate of drug-likeness (QED) is 0.0207. The van der Waals surface area contributed by atoms with Gasteiger partial charge in [-0.2, -0.15) is 0 Å². The van der Waals surface area contributed by atoms with Crippen LogP contribution in [0.5, 0.6) is 0 Å². The zero-order chi connectivity index (χ0) is 65.2. The molecule has 18 N–H and O–H groups in total. The monoisotopic (exact) mass is 1290 g/mol. The molecule has 0 saturated carbocycles. The molecule has 0 aliphatic carbocycles. The second-order valence-corrected chi connectivity index (χ2v) is 30.5. The maximum Gasteiger partial charge on any atom is 0.364 e. The Morgan fingerprint density at radius 2 is 1.02 bits per heavy atom. The number of carbonyl (C=O) groups excluding carboxylic acids is 2. The number of carbonyl (C=O) groups is 3. The molecule has 5 heterocycles. The second-order valence-electron chi connectivity index (χ2n) is 24.9. The fraction of sp³-hybridized carbons (Fsp3) is 0.946. The van der Waals surface area contributed by atoms with E-state index in [2.05, 4.69) is 37.2 Å². The summed E-state index contributed by atoms with van der Waals surface area (Å²) in [7, 11) is -1.62. The molecule has 514 valence electrons. The lowest BCUT2D eigenvalue weighted by Crippen LogP contribution is -2.71. The van der Waals surface area contributed by atoms with Gasteiger partial charge in [-0.3, -0.25) is 9.59 Å². The predicted molar refractivity (Wildman–Crippen MR) is 303 cm³/mol. The number of unbranched alkanes of at least 4 members (excludes halogenated alkanes) is 12. The van der Waals surface area contributed by atoms with Crippen molar-refractivity contribution in [3.63, 3.8) is 0 Å². The van der Waals surface area contributed by atoms with Crippen LogP contribution in [0.3, 0.4) is 0 Å². The average Bonchev–Trinajstić information content (AvgIpc) is 0.826. The summed E-state index contributed by atoms with van der Waals surface area (Å²) in [4.78, 5) is 39.2. The predicted octanol–water partition coefficient (Wildman–Crippen LogP) is -4.61. The maximum absolute atomic E-state index is 13.9. The highest BCUT2D eigenvalue weighted by molar-refractivity contribution is 6.76. The standard InChI is InChI=1S/C56H102N2O29Si/c1-6-7-8-9-10-11-12-13-14-15-16-17-18-19-35(67)58-37-41(71)46(83-54-45(75)50(40(70)32(25-61)80-54)87-56(55(76)77)22-29(65)36(57-28(2)64)48(86-56)38(68)30(66)23-59)33(26-62)81-51(37)85-49-39(69)31(24-60)79-53(44(49)74)84-47-34(27-63)82-52(43(73)42(47)72)78-20-21-88(3,4)5/h29-34,36-54,59-63,65-66,68-75H,6-27H2,1-5H3,(H,57,64)(H,58,67)(H,76,77)/t29-,30+,31+,32+,33+,34+,36+,37+,38+,39-,40-,41+,42+,43+,44+,45+,46+,47+,48+,49-,50-,51-,52+,53-,54-,56-/m0/s1. The molecule has 5 saturated heterocycles. The van der Waals surface area contributed by atoms with E-state index in [1.54, 1.807) is 0 Å². The van der Waals surface area contributed by atoms with E-state index in [0.717, 1.165) is 39.0 Å². The molecule has 5 aliphatic heterocycles. The minimum atomic E-state index is -3.17. The number of carboxylic acids is 1. The fourth-order valence-electron chi connectivity index (χ4n) is 11.5. The molecule has 5 fully saturated rings. The Hall–Kier alpha value is -2.37. The van der Waals surface area contributed by atoms with E-state index >= 15 is 0 Å². The number of aliphatic carboxylic acids is 1. The van der Waals surface area contributed by atoms with Crippen molar-refractivity contribution in [2.45, 2.75) is 295 Å². The van der Waals surface area contributed by atoms with Crippen LogP contribution >= 0.6 is 0 Å². The van der Waals surface area contributed by atoms with Gasteiger partial charge in [0.15, 0.2) is 25.2 Å². The molecule has 5 rings (SSSR count). The highest BCUT2D eigenvalue weighted by Gasteiger charge is 2.61. The van der Waals surface area contributed by atoms with Gasteiger partial charge in [0.05, 0.1) is 45.2 Å². The zero-order valence-electron chi connectivity index (χ0n) is 51.0. The van der Waals surface area contributed by atoms with Gasteiger partial charge in [-0.15, -0.1) is 0 Å². The molecule has 88 heavy (non-hydrogen) atoms. The molecule has 31 nitrogen and oxygen atoms in total. The second kappa shape index (κ2) is 36.3. The molecule has 2 amide bonds. The summed E-state index contributed by atoms with van der Waals surface area (Å²) in [5, 5.41) is 181. The van der Waals surface area contributed by atoms with E-state index in [1.807, 2.05) is 0 Å². The van der Waals surface area contributed by atoms with Crippen LogP contribution in [0.4, 0.5) is 0 Å². The SMILES string of the molecule is CCCCCCCCCCCCCCCC(=O)N[C@H]1[C@H](O[C@H]2[C@@H](O)[C@@H](CO)O[C@@H](O[C@H]3[C@H](O)[C@@H](O)[C@H](OCC[Si](C)(C)C)O[C@@H]3CO)[C@@H]2O)O[C@H](CO)[C@@H](O[C@@H]2O[C@H](CO)[C@H](O)[C@H](O[C@]3(C(=O)O)C[C@H](O)[C@@H](NC(C)=O)[C@H]([C@H](O)[C@H](O)CO)O3)[C@H]2O)[C@@H]1O. The molecule has 0 spiro atoms. The van der Waals surface area contributed by atoms with Crippen molar-refractivity contribution < 1.29 is 143 Å². The van der Waals surface area contributed by atoms with Gasteiger partial charge in [-0.25, -0.2) is 4.79 Å². The molecule has 0 unspecified atom stereocenters. The van der Waals surface area contributed by atoms with Crippen LogP contribution in [0.25, 0.3) is 0 Å². The Kier molecular flexibility index (Phi) is 31.5. The largest absolute Gasteiger partial charge is 0.477 e. The number of hydrogen-bond donors (Lipinski definition) is 18. The minimum Gasteiger partial charge on any atom is -0.477 e. The molecule has 0 radical (unpaired) electrons. The van der Waals surface area contributed by atoms with Crippen LogP contribution in [0.1, 0.15) is 110 Å². The Morgan fingerprint density at radius 1 is 0.557 bits per heavy atom. The van der Waals surface area contributed by atoms with Crippen molar-refractivity contribution in [2.24, 2.45) is 0 Å². The molecule has 0 aromatic rings. The van der Waals surface area contributed by atoms with Gasteiger partial charge < -0.3 is 140 Å². The highest BCUT2D eigenvalue weighted by Crippen LogP contribution is 2.40. The summed E-state index contributed by atoms with van der Waals surface area (Å²) in [6.45, 7) is 4.59. The lowest BCUT2D eigenvalue weighted by molar-refractivity contribution is -0.390. The Balaban J connectivity index is 1.40. The minimum absolute atomic E-state index is 0.119. The molecule has 0 aromatic carbocycles. The van der Waals surface area contributed by atoms with E-state index in [-0.39, 0.29) is 13.0 Å². The number of nitrogens with one attached hydrogen (secondary N) is 2. The summed E-state index contributed by atoms with van der Waals surface area (Å²) in [6, 6.07) is -2.79. The Labute approximate surface area is 513 Å². The summed E-state index contributed by atoms with van der Waals surface area (Å²) in [5.74, 6) is -6.71. The van der Waals surface area contributed by atoms with Crippen molar-refractivity contribution in [2.75, 3.05) is 39.6 Å². The van der Waals surface area contributed by atoms with Crippen molar-refractivity contribution in [3.8, 4) is 0 Å². The molecular weight excluding hydrogens is 1190 g/mol. The van der Waals surface area contributed by atoms with E-state index in [4.69, 9.17) is 47.4 Å². The average molecular weight is 1300 g/mol. The van der Waals surface area contributed by atoms with E-state index < -0.39 is 224 Å². The summed E-state index contributed by atoms with van der Waals surface area (Å²) in [6.07, 6.45) is -32.7. The van der Waals surface area contributed by atoms with Gasteiger partial charge in [-0.1, -0.05) is 104 Å². The van der Waals surface area contributed by atoms with Gasteiger partial charge in [0.25, 0.3) is 5.79 Å². The molecule has 32 heteroatoms. The summed E-state index contributed by atoms with van der Waals surface area (Å²) in [5.41, 5.74) is 0. The van der Waals surface area contributed by atoms with Crippen LogP contribution in [0, 0.1) is 0 Å². The third kappa shape index (κ3) is 20.6. The van der Waals surface area contributed by atoms with E-state index in [1.165, 1.54) is 38.5 Å². The van der Waals surface area contributed by atoms with Crippen LogP contribution in [-0.2, 0) is 61.8 Å². The summed E-state index contributed by atoms with van der Waals surface area (Å²) >= 11 is 0. The fourth-order valence-corrected chi connectivity index (χ4v) is 12.2. The summed E-state index contributed by atoms with van der Waals surface area (Å²) < 4.78 is 58.8. The zero-order valence-corrected chi connectivity index (χ0v) is 52.0. The van der Waals surface area contributed by atoms with Gasteiger partial charge in [0.2, 0.25) is 11.8 Å². The van der Waals surface area contributed by atoms with Crippen LogP contribution in [0.2, 0.25) is 25.7 Å². The third-order valence-electron chi connectivity index (χ3n) is 16.7. The number of amides is 2. The van der Waals surface area contributed by atoms with Gasteiger partial charge in [-0.05, 0) is 12.5 Å². The first-order chi connectivity index (χ1) is 41.7. The molecule has 0 aromatic heterocycles. The number of rotatable bonds is 36. The molecule has 5 aliphatic rings. The van der Waals surface area contributed by atoms with Crippen molar-refractivity contribution in [1.29, 1.82) is 0 Å². The topological polar surface area (TPSA) is 491 Å². The van der Waals surface area contributed by atoms with Gasteiger partial charge >= 0.3 is 5.97 Å². The first-order valence-corrected chi connectivity index (χ1v) is 34.6. The van der Waals surface area contributed by atoms with Crippen LogP contribution in [-0.4, -0.2) is 306 Å². The Morgan fingerprint density at radius 3 is 1.51 bits per heavy atom. The number of aliphatic hydroxyl groups excluding tert-OH is 15. The van der Waals surface area contributed by atoms with Gasteiger partial charge in [0.1, 0.15) is 116 Å². The third-order valence-corrected chi connectivity index (χ3v) is 18.4. The van der Waals surface area contributed by atoms with Crippen LogP contribution in [0.15, 0.2) is 0 Å². The highest BCUT2D eigenvalue weighted by atomic mass is 28.3. The van der Waals surface area contributed by atoms with Crippen molar-refractivity contribution in [1.82, 2.24) is 10.6 Å². The number of hydrogen-bond acceptors (Lipinski definition) is 28. The molecule has 0 bridgehead atoms. The van der Waals surface area contributed by atoms with Gasteiger partial charge in [0, 0.05) is 34.4 Å². The number of carboxylic acid groups (broad SMARTS) is 1. The normalized spacial score (nSPS) is 38.9. The van der Waals surface area contributed by atoms with Crippen molar-refractivity contribution in [3.05, 3.63) is 0 Å². The maximum atomic E-state index is 13.9. The smallest absolute Gasteiger partial charge is 0.364 e. The van der Waals surface area contributed by atoms with Crippen LogP contribution < -0.4 is 10.6 Å². The number of ether oxygens (including phenoxy) is 10. The van der Waals surface area contributed by atoms with E-state index in [9.17, 15) is 96.1 Å². The van der Waals surface area contributed by atoms with E-state index in [0.29, 0.717) is 18.9 Å². The lowest BCUT2D eigenvalue weighted by Gasteiger charge is -2.51. The first-order valence-electron chi connectivity index (χ1n) is 30.9. The molecular formula is C56H102N2O29Si. The lowest BCUT2D eigenvalue weighted by atomic mass is 9.88.